The van der Waals surface area contributed by atoms with Crippen molar-refractivity contribution in [1.82, 2.24) is 0 Å². The molecule has 2 saturated carbocycles. The molecule has 17 heavy (non-hydrogen) atoms. The molecule has 0 spiro atoms. The van der Waals surface area contributed by atoms with Crippen LogP contribution in [0.1, 0.15) is 29.6 Å². The van der Waals surface area contributed by atoms with E-state index in [9.17, 15) is 4.79 Å². The highest BCUT2D eigenvalue weighted by molar-refractivity contribution is 6.42. The summed E-state index contributed by atoms with van der Waals surface area (Å²) in [5, 5.41) is 1.21. The van der Waals surface area contributed by atoms with Gasteiger partial charge in [-0.15, -0.1) is 0 Å². The number of hydrogen-bond donors (Lipinski definition) is 0. The molecule has 0 amide bonds. The summed E-state index contributed by atoms with van der Waals surface area (Å²) in [6, 6.07) is 3.17. The SMILES string of the molecule is O=C(c1c(Cl)cc(Cl)cc1Cl)C1C2CCCC21. The Morgan fingerprint density at radius 1 is 1.06 bits per heavy atom. The normalized spacial score (nSPS) is 30.2. The van der Waals surface area contributed by atoms with Crippen molar-refractivity contribution in [3.63, 3.8) is 0 Å². The van der Waals surface area contributed by atoms with E-state index in [4.69, 9.17) is 34.8 Å². The van der Waals surface area contributed by atoms with Gasteiger partial charge in [-0.25, -0.2) is 0 Å². The maximum Gasteiger partial charge on any atom is 0.169 e. The average Bonchev–Trinajstić information content (AvgIpc) is 2.71. The number of carbonyl (C=O) groups excluding carboxylic acids is 1. The molecule has 0 aliphatic heterocycles. The van der Waals surface area contributed by atoms with Crippen LogP contribution in [0.4, 0.5) is 0 Å². The van der Waals surface area contributed by atoms with Crippen molar-refractivity contribution >= 4 is 40.6 Å². The summed E-state index contributed by atoms with van der Waals surface area (Å²) in [7, 11) is 0. The minimum absolute atomic E-state index is 0.103. The minimum atomic E-state index is 0.103. The Hall–Kier alpha value is -0.240. The lowest BCUT2D eigenvalue weighted by molar-refractivity contribution is 0.0952. The maximum absolute atomic E-state index is 12.4. The lowest BCUT2D eigenvalue weighted by atomic mass is 10.0. The van der Waals surface area contributed by atoms with E-state index >= 15 is 0 Å². The van der Waals surface area contributed by atoms with Crippen LogP contribution in [-0.4, -0.2) is 5.78 Å². The van der Waals surface area contributed by atoms with Gasteiger partial charge in [-0.05, 0) is 36.8 Å². The minimum Gasteiger partial charge on any atom is -0.294 e. The highest BCUT2D eigenvalue weighted by Crippen LogP contribution is 2.59. The molecule has 0 aromatic heterocycles. The smallest absolute Gasteiger partial charge is 0.169 e. The van der Waals surface area contributed by atoms with Gasteiger partial charge >= 0.3 is 0 Å². The molecule has 0 heterocycles. The van der Waals surface area contributed by atoms with Crippen molar-refractivity contribution < 1.29 is 4.79 Å². The molecule has 90 valence electrons. The summed E-state index contributed by atoms with van der Waals surface area (Å²) in [4.78, 5) is 12.4. The van der Waals surface area contributed by atoms with Gasteiger partial charge in [0.05, 0.1) is 15.6 Å². The van der Waals surface area contributed by atoms with Crippen LogP contribution in [0.25, 0.3) is 0 Å². The third-order valence-corrected chi connectivity index (χ3v) is 4.78. The molecule has 4 heteroatoms. The first kappa shape index (κ1) is 11.8. The second kappa shape index (κ2) is 4.15. The van der Waals surface area contributed by atoms with Crippen LogP contribution < -0.4 is 0 Å². The largest absolute Gasteiger partial charge is 0.294 e. The van der Waals surface area contributed by atoms with Crippen molar-refractivity contribution in [2.24, 2.45) is 17.8 Å². The predicted molar refractivity (Wildman–Crippen MR) is 70.1 cm³/mol. The zero-order valence-corrected chi connectivity index (χ0v) is 11.3. The molecule has 0 N–H and O–H groups in total. The van der Waals surface area contributed by atoms with E-state index in [1.807, 2.05) is 0 Å². The lowest BCUT2D eigenvalue weighted by Gasteiger charge is -2.08. The standard InChI is InChI=1S/C13H11Cl3O/c14-6-4-9(15)12(10(16)5-6)13(17)11-7-2-1-3-8(7)11/h4-5,7-8,11H,1-3H2. The van der Waals surface area contributed by atoms with E-state index in [-0.39, 0.29) is 11.7 Å². The van der Waals surface area contributed by atoms with Crippen LogP contribution in [0.15, 0.2) is 12.1 Å². The quantitative estimate of drug-likeness (QED) is 0.709. The molecular formula is C13H11Cl3O. The number of benzene rings is 1. The molecule has 1 aromatic carbocycles. The number of rotatable bonds is 2. The van der Waals surface area contributed by atoms with Crippen LogP contribution in [0.3, 0.4) is 0 Å². The Morgan fingerprint density at radius 2 is 1.59 bits per heavy atom. The van der Waals surface area contributed by atoms with Gasteiger partial charge in [0.25, 0.3) is 0 Å². The Bertz CT molecular complexity index is 464. The summed E-state index contributed by atoms with van der Waals surface area (Å²) >= 11 is 18.0. The van der Waals surface area contributed by atoms with Crippen molar-refractivity contribution in [3.05, 3.63) is 32.8 Å². The summed E-state index contributed by atoms with van der Waals surface area (Å²) in [6.07, 6.45) is 3.59. The molecular weight excluding hydrogens is 279 g/mol. The van der Waals surface area contributed by atoms with Gasteiger partial charge in [-0.2, -0.15) is 0 Å². The lowest BCUT2D eigenvalue weighted by Crippen LogP contribution is -2.08. The third kappa shape index (κ3) is 1.89. The first-order valence-electron chi connectivity index (χ1n) is 5.78. The van der Waals surface area contributed by atoms with Crippen molar-refractivity contribution in [3.8, 4) is 0 Å². The maximum atomic E-state index is 12.4. The monoisotopic (exact) mass is 288 g/mol. The van der Waals surface area contributed by atoms with Gasteiger partial charge in [0.2, 0.25) is 0 Å². The molecule has 2 aliphatic carbocycles. The van der Waals surface area contributed by atoms with E-state index in [1.54, 1.807) is 12.1 Å². The summed E-state index contributed by atoms with van der Waals surface area (Å²) in [5.74, 6) is 1.40. The van der Waals surface area contributed by atoms with Crippen LogP contribution in [0, 0.1) is 17.8 Å². The Balaban J connectivity index is 1.92. The molecule has 3 rings (SSSR count). The van der Waals surface area contributed by atoms with E-state index in [0.717, 1.165) is 0 Å². The Labute approximate surface area is 115 Å². The second-order valence-corrected chi connectivity index (χ2v) is 6.14. The fourth-order valence-corrected chi connectivity index (χ4v) is 4.16. The Morgan fingerprint density at radius 3 is 2.12 bits per heavy atom. The van der Waals surface area contributed by atoms with E-state index in [0.29, 0.717) is 32.5 Å². The number of Topliss-reactive ketones (excluding diaryl/α,β-unsaturated/α-hetero) is 1. The van der Waals surface area contributed by atoms with Gasteiger partial charge in [0, 0.05) is 10.9 Å². The number of hydrogen-bond acceptors (Lipinski definition) is 1. The molecule has 0 saturated heterocycles. The molecule has 2 atom stereocenters. The summed E-state index contributed by atoms with van der Waals surface area (Å²) < 4.78 is 0. The summed E-state index contributed by atoms with van der Waals surface area (Å²) in [6.45, 7) is 0. The van der Waals surface area contributed by atoms with Crippen LogP contribution in [-0.2, 0) is 0 Å². The molecule has 2 aliphatic rings. The van der Waals surface area contributed by atoms with Gasteiger partial charge in [-0.3, -0.25) is 4.79 Å². The predicted octanol–water partition coefficient (Wildman–Crippen LogP) is 4.88. The average molecular weight is 290 g/mol. The van der Waals surface area contributed by atoms with E-state index in [2.05, 4.69) is 0 Å². The van der Waals surface area contributed by atoms with E-state index in [1.165, 1.54) is 19.3 Å². The van der Waals surface area contributed by atoms with Gasteiger partial charge in [0.1, 0.15) is 0 Å². The zero-order chi connectivity index (χ0) is 12.2. The first-order chi connectivity index (χ1) is 8.09. The number of halogens is 3. The topological polar surface area (TPSA) is 17.1 Å². The van der Waals surface area contributed by atoms with Crippen molar-refractivity contribution in [2.75, 3.05) is 0 Å². The third-order valence-electron chi connectivity index (χ3n) is 3.96. The van der Waals surface area contributed by atoms with Crippen molar-refractivity contribution in [1.29, 1.82) is 0 Å². The fraction of sp³-hybridized carbons (Fsp3) is 0.462. The molecule has 1 aromatic rings. The zero-order valence-electron chi connectivity index (χ0n) is 9.05. The first-order valence-corrected chi connectivity index (χ1v) is 6.91. The van der Waals surface area contributed by atoms with Gasteiger partial charge < -0.3 is 0 Å². The molecule has 0 bridgehead atoms. The summed E-state index contributed by atoms with van der Waals surface area (Å²) in [5.41, 5.74) is 0.456. The van der Waals surface area contributed by atoms with Crippen LogP contribution >= 0.6 is 34.8 Å². The second-order valence-electron chi connectivity index (χ2n) is 4.89. The van der Waals surface area contributed by atoms with Crippen LogP contribution in [0.5, 0.6) is 0 Å². The van der Waals surface area contributed by atoms with Gasteiger partial charge in [0.15, 0.2) is 5.78 Å². The number of carbonyl (C=O) groups is 1. The van der Waals surface area contributed by atoms with Crippen molar-refractivity contribution in [2.45, 2.75) is 19.3 Å². The fourth-order valence-electron chi connectivity index (χ4n) is 3.15. The molecule has 2 fully saturated rings. The van der Waals surface area contributed by atoms with E-state index < -0.39 is 0 Å². The molecule has 1 nitrogen and oxygen atoms in total. The number of ketones is 1. The molecule has 0 radical (unpaired) electrons. The Kier molecular flexibility index (Phi) is 2.89. The van der Waals surface area contributed by atoms with Crippen LogP contribution in [0.2, 0.25) is 15.1 Å². The number of fused-ring (bicyclic) bond motifs is 1. The highest BCUT2D eigenvalue weighted by Gasteiger charge is 2.56. The highest BCUT2D eigenvalue weighted by atomic mass is 35.5. The van der Waals surface area contributed by atoms with Gasteiger partial charge in [-0.1, -0.05) is 41.2 Å². The molecule has 2 unspecified atom stereocenters.